The van der Waals surface area contributed by atoms with E-state index < -0.39 is 46.3 Å². The molecule has 0 aliphatic carbocycles. The fraction of sp³-hybridized carbons (Fsp3) is 0.588. The molecule has 2 fully saturated rings. The van der Waals surface area contributed by atoms with Gasteiger partial charge >= 0.3 is 11.9 Å². The monoisotopic (exact) mass is 580 g/mol. The van der Waals surface area contributed by atoms with Crippen LogP contribution in [-0.4, -0.2) is 67.9 Å². The third-order valence-corrected chi connectivity index (χ3v) is 8.30. The lowest BCUT2D eigenvalue weighted by atomic mass is 9.77. The Morgan fingerprint density at radius 2 is 0.905 bits per heavy atom. The molecule has 0 unspecified atom stereocenters. The van der Waals surface area contributed by atoms with E-state index in [1.54, 1.807) is 48.6 Å². The second kappa shape index (κ2) is 12.1. The number of carbonyl (C=O) groups is 4. The van der Waals surface area contributed by atoms with E-state index in [-0.39, 0.29) is 22.9 Å². The highest BCUT2D eigenvalue weighted by atomic mass is 16.6. The molecule has 2 saturated heterocycles. The fourth-order valence-corrected chi connectivity index (χ4v) is 7.44. The molecule has 1 aromatic rings. The van der Waals surface area contributed by atoms with Crippen LogP contribution in [0.2, 0.25) is 0 Å². The molecule has 0 aromatic heterocycles. The number of nitrogens with zero attached hydrogens (tertiary/aromatic N) is 2. The first-order chi connectivity index (χ1) is 19.4. The minimum absolute atomic E-state index is 0.0752. The SMILES string of the molecule is C/C=C/C(=O)N1C(C)(C)CC(OC(=O)c2ccccc2C(=O)OC2CC(C)(C)N(C(=O)/C=C/C)C(C)(C)C2)CC1(C)C. The largest absolute Gasteiger partial charge is 0.459 e. The second-order valence-electron chi connectivity index (χ2n) is 14.0. The molecule has 1 aromatic carbocycles. The molecule has 0 radical (unpaired) electrons. The molecule has 2 aliphatic rings. The van der Waals surface area contributed by atoms with E-state index in [9.17, 15) is 19.2 Å². The topological polar surface area (TPSA) is 93.2 Å². The summed E-state index contributed by atoms with van der Waals surface area (Å²) in [5, 5.41) is 0. The molecule has 0 spiro atoms. The van der Waals surface area contributed by atoms with Crippen molar-refractivity contribution in [3.63, 3.8) is 0 Å². The van der Waals surface area contributed by atoms with Crippen LogP contribution in [0, 0.1) is 0 Å². The summed E-state index contributed by atoms with van der Waals surface area (Å²) in [5.74, 6) is -1.35. The van der Waals surface area contributed by atoms with Crippen LogP contribution in [0.4, 0.5) is 0 Å². The number of allylic oxidation sites excluding steroid dienone is 2. The molecule has 8 heteroatoms. The van der Waals surface area contributed by atoms with Gasteiger partial charge < -0.3 is 19.3 Å². The van der Waals surface area contributed by atoms with Gasteiger partial charge in [-0.25, -0.2) is 9.59 Å². The van der Waals surface area contributed by atoms with Gasteiger partial charge in [-0.2, -0.15) is 0 Å². The zero-order valence-corrected chi connectivity index (χ0v) is 26.9. The van der Waals surface area contributed by atoms with Crippen molar-refractivity contribution < 1.29 is 28.7 Å². The highest BCUT2D eigenvalue weighted by Gasteiger charge is 2.50. The van der Waals surface area contributed by atoms with Gasteiger partial charge in [0.2, 0.25) is 11.8 Å². The van der Waals surface area contributed by atoms with Crippen LogP contribution in [0.15, 0.2) is 48.6 Å². The minimum atomic E-state index is -0.597. The summed E-state index contributed by atoms with van der Waals surface area (Å²) in [6, 6.07) is 6.53. The Morgan fingerprint density at radius 3 is 1.17 bits per heavy atom. The third-order valence-electron chi connectivity index (χ3n) is 8.30. The molecule has 2 heterocycles. The van der Waals surface area contributed by atoms with E-state index in [1.807, 2.05) is 79.0 Å². The predicted octanol–water partition coefficient (Wildman–Crippen LogP) is 6.25. The average molecular weight is 581 g/mol. The smallest absolute Gasteiger partial charge is 0.339 e. The average Bonchev–Trinajstić information content (AvgIpc) is 2.81. The molecular weight excluding hydrogens is 532 g/mol. The Kier molecular flexibility index (Phi) is 9.50. The van der Waals surface area contributed by atoms with Crippen LogP contribution >= 0.6 is 0 Å². The number of piperidine rings is 2. The molecule has 0 saturated carbocycles. The maximum Gasteiger partial charge on any atom is 0.339 e. The maximum atomic E-state index is 13.5. The number of rotatable bonds is 6. The normalized spacial score (nSPS) is 21.9. The van der Waals surface area contributed by atoms with Crippen molar-refractivity contribution >= 4 is 23.8 Å². The van der Waals surface area contributed by atoms with Gasteiger partial charge in [0.25, 0.3) is 0 Å². The van der Waals surface area contributed by atoms with Crippen molar-refractivity contribution in [3.8, 4) is 0 Å². The number of likely N-dealkylation sites (tertiary alicyclic amines) is 2. The molecule has 0 atom stereocenters. The molecule has 0 N–H and O–H groups in total. The number of amides is 2. The van der Waals surface area contributed by atoms with Crippen molar-refractivity contribution in [3.05, 3.63) is 59.7 Å². The maximum absolute atomic E-state index is 13.5. The number of carbonyl (C=O) groups excluding carboxylic acids is 4. The molecule has 42 heavy (non-hydrogen) atoms. The summed E-state index contributed by atoms with van der Waals surface area (Å²) in [6.07, 6.45) is 7.55. The molecule has 3 rings (SSSR count). The van der Waals surface area contributed by atoms with Crippen LogP contribution in [0.25, 0.3) is 0 Å². The Morgan fingerprint density at radius 1 is 0.619 bits per heavy atom. The number of ether oxygens (including phenoxy) is 2. The lowest BCUT2D eigenvalue weighted by Gasteiger charge is -2.54. The molecular formula is C34H48N2O6. The van der Waals surface area contributed by atoms with E-state index in [1.165, 1.54) is 0 Å². The highest BCUT2D eigenvalue weighted by molar-refractivity contribution is 6.03. The summed E-state index contributed by atoms with van der Waals surface area (Å²) < 4.78 is 12.0. The van der Waals surface area contributed by atoms with E-state index in [0.29, 0.717) is 25.7 Å². The first-order valence-electron chi connectivity index (χ1n) is 14.8. The van der Waals surface area contributed by atoms with Crippen LogP contribution in [0.1, 0.15) is 116 Å². The third kappa shape index (κ3) is 6.96. The lowest BCUT2D eigenvalue weighted by molar-refractivity contribution is -0.151. The van der Waals surface area contributed by atoms with Crippen molar-refractivity contribution in [2.75, 3.05) is 0 Å². The molecule has 2 amide bonds. The quantitative estimate of drug-likeness (QED) is 0.292. The number of hydrogen-bond acceptors (Lipinski definition) is 6. The number of esters is 2. The number of benzene rings is 1. The molecule has 0 bridgehead atoms. The van der Waals surface area contributed by atoms with E-state index in [4.69, 9.17) is 9.47 Å². The molecule has 230 valence electrons. The summed E-state index contributed by atoms with van der Waals surface area (Å²) in [5.41, 5.74) is -1.92. The Bertz CT molecular complexity index is 1140. The second-order valence-corrected chi connectivity index (χ2v) is 14.0. The van der Waals surface area contributed by atoms with Crippen LogP contribution < -0.4 is 0 Å². The van der Waals surface area contributed by atoms with E-state index in [2.05, 4.69) is 0 Å². The summed E-state index contributed by atoms with van der Waals surface area (Å²) in [7, 11) is 0. The summed E-state index contributed by atoms with van der Waals surface area (Å²) in [4.78, 5) is 56.4. The zero-order valence-electron chi connectivity index (χ0n) is 26.9. The summed E-state index contributed by atoms with van der Waals surface area (Å²) in [6.45, 7) is 19.4. The van der Waals surface area contributed by atoms with E-state index >= 15 is 0 Å². The van der Waals surface area contributed by atoms with Crippen molar-refractivity contribution in [1.29, 1.82) is 0 Å². The van der Waals surface area contributed by atoms with Gasteiger partial charge in [0.05, 0.1) is 11.1 Å². The minimum Gasteiger partial charge on any atom is -0.459 e. The van der Waals surface area contributed by atoms with E-state index in [0.717, 1.165) is 0 Å². The highest BCUT2D eigenvalue weighted by Crippen LogP contribution is 2.41. The van der Waals surface area contributed by atoms with Crippen molar-refractivity contribution in [1.82, 2.24) is 9.80 Å². The van der Waals surface area contributed by atoms with Gasteiger partial charge in [-0.15, -0.1) is 0 Å². The van der Waals surface area contributed by atoms with Crippen molar-refractivity contribution in [2.24, 2.45) is 0 Å². The van der Waals surface area contributed by atoms with Gasteiger partial charge in [0.1, 0.15) is 12.2 Å². The molecule has 2 aliphatic heterocycles. The summed E-state index contributed by atoms with van der Waals surface area (Å²) >= 11 is 0. The first-order valence-corrected chi connectivity index (χ1v) is 14.8. The van der Waals surface area contributed by atoms with Gasteiger partial charge in [0, 0.05) is 47.8 Å². The Balaban J connectivity index is 1.78. The van der Waals surface area contributed by atoms with Gasteiger partial charge in [0.15, 0.2) is 0 Å². The van der Waals surface area contributed by atoms with Crippen LogP contribution in [-0.2, 0) is 19.1 Å². The zero-order chi connectivity index (χ0) is 31.7. The van der Waals surface area contributed by atoms with Gasteiger partial charge in [-0.1, -0.05) is 24.3 Å². The predicted molar refractivity (Wildman–Crippen MR) is 163 cm³/mol. The Labute approximate surface area is 251 Å². The standard InChI is InChI=1S/C34H48N2O6/c1-11-15-27(37)35-31(3,4)19-23(20-32(35,5)6)41-29(39)25-17-13-14-18-26(25)30(40)42-24-21-33(7,8)36(28(38)16-12-2)34(9,10)22-24/h11-18,23-24H,19-22H2,1-10H3/b15-11+,16-12+. The van der Waals surface area contributed by atoms with Gasteiger partial charge in [-0.3, -0.25) is 9.59 Å². The van der Waals surface area contributed by atoms with Crippen molar-refractivity contribution in [2.45, 2.75) is 129 Å². The Hall–Kier alpha value is -3.42. The van der Waals surface area contributed by atoms with Gasteiger partial charge in [-0.05, 0) is 93.5 Å². The van der Waals surface area contributed by atoms with Crippen LogP contribution in [0.5, 0.6) is 0 Å². The first kappa shape index (κ1) is 33.1. The molecule has 8 nitrogen and oxygen atoms in total. The van der Waals surface area contributed by atoms with Crippen LogP contribution in [0.3, 0.4) is 0 Å². The number of hydrogen-bond donors (Lipinski definition) is 0. The fourth-order valence-electron chi connectivity index (χ4n) is 7.44. The lowest BCUT2D eigenvalue weighted by Crippen LogP contribution is -2.64.